The van der Waals surface area contributed by atoms with Crippen molar-refractivity contribution in [3.05, 3.63) is 53.2 Å². The lowest BCUT2D eigenvalue weighted by Gasteiger charge is -2.28. The fraction of sp³-hybridized carbons (Fsp3) is 0.407. The summed E-state index contributed by atoms with van der Waals surface area (Å²) in [5, 5.41) is 23.2. The summed E-state index contributed by atoms with van der Waals surface area (Å²) in [4.78, 5) is 11.1. The first-order valence-corrected chi connectivity index (χ1v) is 13.5. The van der Waals surface area contributed by atoms with E-state index >= 15 is 0 Å². The van der Waals surface area contributed by atoms with E-state index in [0.717, 1.165) is 22.5 Å². The second kappa shape index (κ2) is 11.5. The smallest absolute Gasteiger partial charge is 0.393 e. The summed E-state index contributed by atoms with van der Waals surface area (Å²) in [5.41, 5.74) is 2.62. The molecule has 40 heavy (non-hydrogen) atoms. The van der Waals surface area contributed by atoms with Crippen molar-refractivity contribution in [1.29, 1.82) is 0 Å². The van der Waals surface area contributed by atoms with Crippen molar-refractivity contribution in [1.82, 2.24) is 25.5 Å². The van der Waals surface area contributed by atoms with E-state index in [4.69, 9.17) is 9.47 Å². The second-order valence-electron chi connectivity index (χ2n) is 9.72. The van der Waals surface area contributed by atoms with E-state index in [-0.39, 0.29) is 17.0 Å². The zero-order chi connectivity index (χ0) is 28.4. The largest absolute Gasteiger partial charge is 0.491 e. The quantitative estimate of drug-likeness (QED) is 0.301. The molecule has 1 aliphatic rings. The van der Waals surface area contributed by atoms with Crippen LogP contribution in [0.15, 0.2) is 42.7 Å². The molecular formula is C27H29F3N6O3S. The number of hydrogen-bond donors (Lipinski definition) is 2. The number of aliphatic hydroxyl groups is 1. The maximum Gasteiger partial charge on any atom is 0.393 e. The van der Waals surface area contributed by atoms with Gasteiger partial charge in [-0.3, -0.25) is 0 Å². The van der Waals surface area contributed by atoms with E-state index in [0.29, 0.717) is 52.7 Å². The summed E-state index contributed by atoms with van der Waals surface area (Å²) in [7, 11) is 4.87. The molecule has 1 fully saturated rings. The lowest BCUT2D eigenvalue weighted by molar-refractivity contribution is -0.126. The van der Waals surface area contributed by atoms with Crippen LogP contribution in [0.5, 0.6) is 11.6 Å². The number of nitrogens with one attached hydrogen (secondary N) is 1. The Morgan fingerprint density at radius 1 is 1.07 bits per heavy atom. The number of rotatable bonds is 9. The van der Waals surface area contributed by atoms with Crippen LogP contribution in [-0.2, 0) is 13.0 Å². The lowest BCUT2D eigenvalue weighted by atomic mass is 10.1. The van der Waals surface area contributed by atoms with Gasteiger partial charge in [0.1, 0.15) is 17.0 Å². The van der Waals surface area contributed by atoms with Gasteiger partial charge in [0.25, 0.3) is 5.88 Å². The van der Waals surface area contributed by atoms with Crippen LogP contribution in [0.2, 0.25) is 0 Å². The van der Waals surface area contributed by atoms with Crippen LogP contribution in [0.1, 0.15) is 23.3 Å². The molecule has 0 amide bonds. The third-order valence-electron chi connectivity index (χ3n) is 7.05. The van der Waals surface area contributed by atoms with Gasteiger partial charge in [-0.05, 0) is 24.5 Å². The first-order chi connectivity index (χ1) is 19.1. The fourth-order valence-corrected chi connectivity index (χ4v) is 6.06. The number of hydrogen-bond acceptors (Lipinski definition) is 10. The van der Waals surface area contributed by atoms with Gasteiger partial charge in [0.05, 0.1) is 43.9 Å². The van der Waals surface area contributed by atoms with Gasteiger partial charge in [-0.2, -0.15) is 13.2 Å². The summed E-state index contributed by atoms with van der Waals surface area (Å²) >= 11 is 1.02. The second-order valence-corrected chi connectivity index (χ2v) is 10.8. The van der Waals surface area contributed by atoms with Gasteiger partial charge >= 0.3 is 6.18 Å². The molecule has 1 aliphatic carbocycles. The Morgan fingerprint density at radius 3 is 2.55 bits per heavy atom. The number of thiophene rings is 1. The number of fused-ring (bicyclic) bond motifs is 1. The van der Waals surface area contributed by atoms with Gasteiger partial charge in [0, 0.05) is 36.1 Å². The minimum atomic E-state index is -4.29. The highest BCUT2D eigenvalue weighted by molar-refractivity contribution is 7.18. The molecule has 4 aromatic rings. The van der Waals surface area contributed by atoms with E-state index in [1.165, 1.54) is 19.5 Å². The Kier molecular flexibility index (Phi) is 8.06. The van der Waals surface area contributed by atoms with Crippen LogP contribution < -0.4 is 19.7 Å². The highest BCUT2D eigenvalue weighted by atomic mass is 32.1. The number of ether oxygens (including phenoxy) is 2. The van der Waals surface area contributed by atoms with Gasteiger partial charge in [0.2, 0.25) is 0 Å². The maximum atomic E-state index is 12.9. The van der Waals surface area contributed by atoms with Crippen molar-refractivity contribution in [2.75, 3.05) is 26.2 Å². The van der Waals surface area contributed by atoms with Crippen molar-refractivity contribution >= 4 is 27.4 Å². The van der Waals surface area contributed by atoms with Crippen LogP contribution in [0.3, 0.4) is 0 Å². The Labute approximate surface area is 233 Å². The van der Waals surface area contributed by atoms with Crippen LogP contribution in [0, 0.1) is 0 Å². The molecule has 9 nitrogen and oxygen atoms in total. The molecule has 2 N–H and O–H groups in total. The summed E-state index contributed by atoms with van der Waals surface area (Å²) in [6.45, 7) is 0.606. The SMILES string of the molecule is COc1cc(-c2ccc(CNC3CC(O)C(N(C)c4ncnc5sc(CC(F)(F)F)cc45)C3)cc2)nnc1OC. The minimum absolute atomic E-state index is 0.0550. The van der Waals surface area contributed by atoms with Gasteiger partial charge in [0.15, 0.2) is 5.75 Å². The minimum Gasteiger partial charge on any atom is -0.491 e. The molecule has 1 saturated carbocycles. The zero-order valence-corrected chi connectivity index (χ0v) is 23.0. The number of aromatic nitrogens is 4. The van der Waals surface area contributed by atoms with Crippen molar-refractivity contribution < 1.29 is 27.8 Å². The summed E-state index contributed by atoms with van der Waals surface area (Å²) in [6.07, 6.45) is -3.35. The van der Waals surface area contributed by atoms with Gasteiger partial charge in [-0.25, -0.2) is 9.97 Å². The number of likely N-dealkylation sites (N-methyl/N-ethyl adjacent to an activating group) is 1. The van der Waals surface area contributed by atoms with Crippen molar-refractivity contribution in [3.8, 4) is 22.9 Å². The van der Waals surface area contributed by atoms with Crippen LogP contribution in [0.4, 0.5) is 19.0 Å². The van der Waals surface area contributed by atoms with E-state index in [1.807, 2.05) is 36.2 Å². The molecule has 0 radical (unpaired) electrons. The first kappa shape index (κ1) is 28.0. The predicted octanol–water partition coefficient (Wildman–Crippen LogP) is 4.39. The fourth-order valence-electron chi connectivity index (χ4n) is 5.04. The number of nitrogens with zero attached hydrogens (tertiary/aromatic N) is 5. The van der Waals surface area contributed by atoms with Crippen LogP contribution in [-0.4, -0.2) is 70.9 Å². The average molecular weight is 575 g/mol. The van der Waals surface area contributed by atoms with E-state index in [2.05, 4.69) is 25.5 Å². The zero-order valence-electron chi connectivity index (χ0n) is 22.1. The first-order valence-electron chi connectivity index (χ1n) is 12.6. The number of alkyl halides is 3. The monoisotopic (exact) mass is 574 g/mol. The lowest BCUT2D eigenvalue weighted by Crippen LogP contribution is -2.38. The van der Waals surface area contributed by atoms with E-state index < -0.39 is 18.7 Å². The molecule has 3 atom stereocenters. The molecule has 3 unspecified atom stereocenters. The summed E-state index contributed by atoms with van der Waals surface area (Å²) in [6, 6.07) is 11.0. The van der Waals surface area contributed by atoms with E-state index in [1.54, 1.807) is 13.2 Å². The predicted molar refractivity (Wildman–Crippen MR) is 146 cm³/mol. The molecule has 1 aromatic carbocycles. The van der Waals surface area contributed by atoms with Crippen LogP contribution >= 0.6 is 11.3 Å². The molecule has 3 aromatic heterocycles. The number of halogens is 3. The van der Waals surface area contributed by atoms with Crippen molar-refractivity contribution in [3.63, 3.8) is 0 Å². The molecule has 0 bridgehead atoms. The highest BCUT2D eigenvalue weighted by Crippen LogP contribution is 2.36. The molecule has 13 heteroatoms. The molecule has 0 spiro atoms. The topological polar surface area (TPSA) is 106 Å². The Hall–Kier alpha value is -3.55. The molecule has 5 rings (SSSR count). The van der Waals surface area contributed by atoms with Gasteiger partial charge < -0.3 is 24.8 Å². The Bertz CT molecular complexity index is 1470. The average Bonchev–Trinajstić information content (AvgIpc) is 3.52. The third kappa shape index (κ3) is 6.11. The Morgan fingerprint density at radius 2 is 1.85 bits per heavy atom. The van der Waals surface area contributed by atoms with E-state index in [9.17, 15) is 18.3 Å². The van der Waals surface area contributed by atoms with Gasteiger partial charge in [-0.1, -0.05) is 24.3 Å². The Balaban J connectivity index is 1.22. The summed E-state index contributed by atoms with van der Waals surface area (Å²) < 4.78 is 49.2. The van der Waals surface area contributed by atoms with Crippen molar-refractivity contribution in [2.24, 2.45) is 0 Å². The number of methoxy groups -OCH3 is 2. The molecule has 212 valence electrons. The number of anilines is 1. The molecular weight excluding hydrogens is 545 g/mol. The van der Waals surface area contributed by atoms with Crippen molar-refractivity contribution in [2.45, 2.75) is 50.2 Å². The molecule has 3 heterocycles. The molecule has 0 saturated heterocycles. The normalized spacial score (nSPS) is 19.2. The number of aliphatic hydroxyl groups excluding tert-OH is 1. The third-order valence-corrected chi connectivity index (χ3v) is 8.09. The standard InChI is InChI=1S/C27H29F3N6O3S/c1-36(24-19-10-18(12-27(28,29)30)40-26(19)33-14-32-24)21-8-17(9-22(21)37)31-13-15-4-6-16(7-5-15)20-11-23(38-2)25(39-3)35-34-20/h4-7,10-11,14,17,21-22,31,37H,8-9,12-13H2,1-3H3. The number of benzene rings is 1. The van der Waals surface area contributed by atoms with Gasteiger partial charge in [-0.15, -0.1) is 21.5 Å². The maximum absolute atomic E-state index is 12.9. The highest BCUT2D eigenvalue weighted by Gasteiger charge is 2.37. The summed E-state index contributed by atoms with van der Waals surface area (Å²) in [5.74, 6) is 1.34. The molecule has 0 aliphatic heterocycles. The van der Waals surface area contributed by atoms with Crippen LogP contribution in [0.25, 0.3) is 21.5 Å².